The van der Waals surface area contributed by atoms with Crippen LogP contribution in [0.4, 0.5) is 0 Å². The maximum atomic E-state index is 9.18. The first-order valence-corrected chi connectivity index (χ1v) is 3.99. The van der Waals surface area contributed by atoms with Gasteiger partial charge >= 0.3 is 0 Å². The van der Waals surface area contributed by atoms with Crippen LogP contribution < -0.4 is 0 Å². The van der Waals surface area contributed by atoms with Gasteiger partial charge in [0.1, 0.15) is 6.10 Å². The van der Waals surface area contributed by atoms with E-state index in [2.05, 4.69) is 6.58 Å². The van der Waals surface area contributed by atoms with E-state index in [0.717, 1.165) is 4.88 Å². The Morgan fingerprint density at radius 3 is 2.80 bits per heavy atom. The van der Waals surface area contributed by atoms with Gasteiger partial charge in [0.25, 0.3) is 0 Å². The predicted octanol–water partition coefficient (Wildman–Crippen LogP) is 2.62. The predicted molar refractivity (Wildman–Crippen MR) is 44.5 cm³/mol. The molecule has 0 amide bonds. The van der Waals surface area contributed by atoms with Crippen molar-refractivity contribution in [2.45, 2.75) is 6.10 Å². The molecule has 0 saturated carbocycles. The Bertz CT molecular complexity index is 231. The van der Waals surface area contributed by atoms with Crippen LogP contribution in [-0.4, -0.2) is 5.11 Å². The van der Waals surface area contributed by atoms with Gasteiger partial charge in [0, 0.05) is 4.88 Å². The lowest BCUT2D eigenvalue weighted by Gasteiger charge is -1.97. The lowest BCUT2D eigenvalue weighted by Crippen LogP contribution is -1.85. The minimum atomic E-state index is -0.572. The summed E-state index contributed by atoms with van der Waals surface area (Å²) in [4.78, 5) is 0.833. The van der Waals surface area contributed by atoms with Gasteiger partial charge in [-0.1, -0.05) is 17.7 Å². The van der Waals surface area contributed by atoms with Gasteiger partial charge in [-0.2, -0.15) is 0 Å². The summed E-state index contributed by atoms with van der Waals surface area (Å²) in [5, 5.41) is 9.18. The maximum absolute atomic E-state index is 9.18. The molecule has 1 heterocycles. The fourth-order valence-electron chi connectivity index (χ4n) is 0.603. The van der Waals surface area contributed by atoms with Gasteiger partial charge in [0.15, 0.2) is 0 Å². The van der Waals surface area contributed by atoms with Gasteiger partial charge in [0.2, 0.25) is 0 Å². The summed E-state index contributed by atoms with van der Waals surface area (Å²) >= 11 is 7.00. The molecule has 0 aliphatic heterocycles. The first-order chi connectivity index (χ1) is 4.74. The van der Waals surface area contributed by atoms with Crippen LogP contribution >= 0.6 is 22.9 Å². The second kappa shape index (κ2) is 3.19. The number of hydrogen-bond acceptors (Lipinski definition) is 2. The molecule has 1 unspecified atom stereocenters. The quantitative estimate of drug-likeness (QED) is 0.684. The Morgan fingerprint density at radius 2 is 2.40 bits per heavy atom. The van der Waals surface area contributed by atoms with Gasteiger partial charge in [-0.15, -0.1) is 17.9 Å². The highest BCUT2D eigenvalue weighted by Gasteiger charge is 2.04. The molecule has 0 bridgehead atoms. The fraction of sp³-hybridized carbons (Fsp3) is 0.143. The van der Waals surface area contributed by atoms with Crippen LogP contribution in [0, 0.1) is 0 Å². The average molecular weight is 175 g/mol. The molecule has 1 aromatic heterocycles. The molecule has 10 heavy (non-hydrogen) atoms. The van der Waals surface area contributed by atoms with Crippen molar-refractivity contribution in [3.8, 4) is 0 Å². The van der Waals surface area contributed by atoms with E-state index in [1.165, 1.54) is 17.4 Å². The van der Waals surface area contributed by atoms with Crippen LogP contribution in [0.3, 0.4) is 0 Å². The van der Waals surface area contributed by atoms with Gasteiger partial charge in [-0.3, -0.25) is 0 Å². The van der Waals surface area contributed by atoms with Crippen molar-refractivity contribution in [2.24, 2.45) is 0 Å². The third-order valence-electron chi connectivity index (χ3n) is 1.11. The highest BCUT2D eigenvalue weighted by molar-refractivity contribution is 7.16. The van der Waals surface area contributed by atoms with E-state index in [0.29, 0.717) is 4.34 Å². The highest BCUT2D eigenvalue weighted by atomic mass is 35.5. The summed E-state index contributed by atoms with van der Waals surface area (Å²) < 4.78 is 0.691. The molecular formula is C7H7ClOS. The van der Waals surface area contributed by atoms with Gasteiger partial charge < -0.3 is 5.11 Å². The van der Waals surface area contributed by atoms with Crippen LogP contribution in [0.5, 0.6) is 0 Å². The summed E-state index contributed by atoms with van der Waals surface area (Å²) in [6.45, 7) is 3.46. The van der Waals surface area contributed by atoms with Gasteiger partial charge in [-0.05, 0) is 12.1 Å². The van der Waals surface area contributed by atoms with E-state index in [1.54, 1.807) is 12.1 Å². The van der Waals surface area contributed by atoms with E-state index in [1.807, 2.05) is 0 Å². The van der Waals surface area contributed by atoms with Crippen molar-refractivity contribution < 1.29 is 5.11 Å². The molecule has 0 radical (unpaired) electrons. The molecule has 1 rings (SSSR count). The van der Waals surface area contributed by atoms with Crippen LogP contribution in [-0.2, 0) is 0 Å². The zero-order chi connectivity index (χ0) is 7.56. The molecule has 54 valence electrons. The average Bonchev–Trinajstić information content (AvgIpc) is 2.34. The van der Waals surface area contributed by atoms with Crippen molar-refractivity contribution >= 4 is 22.9 Å². The zero-order valence-electron chi connectivity index (χ0n) is 5.25. The third kappa shape index (κ3) is 1.59. The Kier molecular flexibility index (Phi) is 2.49. The monoisotopic (exact) mass is 174 g/mol. The molecule has 3 heteroatoms. The number of hydrogen-bond donors (Lipinski definition) is 1. The van der Waals surface area contributed by atoms with Gasteiger partial charge in [-0.25, -0.2) is 0 Å². The van der Waals surface area contributed by atoms with Crippen LogP contribution in [0.15, 0.2) is 24.8 Å². The number of halogens is 1. The molecule has 0 fully saturated rings. The Morgan fingerprint density at radius 1 is 1.70 bits per heavy atom. The number of aliphatic hydroxyl groups is 1. The highest BCUT2D eigenvalue weighted by Crippen LogP contribution is 2.26. The van der Waals surface area contributed by atoms with Crippen molar-refractivity contribution in [1.82, 2.24) is 0 Å². The smallest absolute Gasteiger partial charge is 0.106 e. The largest absolute Gasteiger partial charge is 0.383 e. The van der Waals surface area contributed by atoms with E-state index in [9.17, 15) is 5.11 Å². The summed E-state index contributed by atoms with van der Waals surface area (Å²) in [6.07, 6.45) is 0.903. The first-order valence-electron chi connectivity index (χ1n) is 2.80. The molecule has 0 spiro atoms. The SMILES string of the molecule is C=CC(O)c1ccc(Cl)s1. The molecule has 0 saturated heterocycles. The van der Waals surface area contributed by atoms with Crippen LogP contribution in [0.25, 0.3) is 0 Å². The minimum Gasteiger partial charge on any atom is -0.383 e. The summed E-state index contributed by atoms with van der Waals surface area (Å²) in [5.74, 6) is 0. The molecule has 1 atom stereocenters. The van der Waals surface area contributed by atoms with Gasteiger partial charge in [0.05, 0.1) is 4.34 Å². The number of thiophene rings is 1. The van der Waals surface area contributed by atoms with E-state index in [4.69, 9.17) is 11.6 Å². The van der Waals surface area contributed by atoms with E-state index < -0.39 is 6.10 Å². The Balaban J connectivity index is 2.84. The third-order valence-corrected chi connectivity index (χ3v) is 2.41. The molecule has 1 N–H and O–H groups in total. The normalized spacial score (nSPS) is 13.0. The molecule has 0 aliphatic carbocycles. The molecule has 0 aliphatic rings. The van der Waals surface area contributed by atoms with Crippen molar-refractivity contribution in [2.75, 3.05) is 0 Å². The minimum absolute atomic E-state index is 0.572. The lowest BCUT2D eigenvalue weighted by atomic mass is 10.3. The first kappa shape index (κ1) is 7.79. The maximum Gasteiger partial charge on any atom is 0.106 e. The number of aliphatic hydroxyl groups excluding tert-OH is 1. The lowest BCUT2D eigenvalue weighted by molar-refractivity contribution is 0.233. The van der Waals surface area contributed by atoms with Crippen molar-refractivity contribution in [1.29, 1.82) is 0 Å². The summed E-state index contributed by atoms with van der Waals surface area (Å²) in [6, 6.07) is 3.55. The number of rotatable bonds is 2. The van der Waals surface area contributed by atoms with E-state index in [-0.39, 0.29) is 0 Å². The Hall–Kier alpha value is -0.310. The molecule has 0 aromatic carbocycles. The Labute approximate surface area is 68.6 Å². The summed E-state index contributed by atoms with van der Waals surface area (Å²) in [5.41, 5.74) is 0. The standard InChI is InChI=1S/C7H7ClOS/c1-2-5(9)6-3-4-7(8)10-6/h2-5,9H,1H2. The molecular weight excluding hydrogens is 168 g/mol. The zero-order valence-corrected chi connectivity index (χ0v) is 6.82. The second-order valence-electron chi connectivity index (χ2n) is 1.82. The van der Waals surface area contributed by atoms with Crippen molar-refractivity contribution in [3.05, 3.63) is 34.0 Å². The van der Waals surface area contributed by atoms with Crippen LogP contribution in [0.2, 0.25) is 4.34 Å². The van der Waals surface area contributed by atoms with E-state index >= 15 is 0 Å². The molecule has 1 nitrogen and oxygen atoms in total. The fourth-order valence-corrected chi connectivity index (χ4v) is 1.65. The molecule has 1 aromatic rings. The van der Waals surface area contributed by atoms with Crippen molar-refractivity contribution in [3.63, 3.8) is 0 Å². The second-order valence-corrected chi connectivity index (χ2v) is 3.57. The topological polar surface area (TPSA) is 20.2 Å². The van der Waals surface area contributed by atoms with Crippen LogP contribution in [0.1, 0.15) is 11.0 Å². The summed E-state index contributed by atoms with van der Waals surface area (Å²) in [7, 11) is 0.